The van der Waals surface area contributed by atoms with Crippen molar-refractivity contribution in [3.8, 4) is 0 Å². The summed E-state index contributed by atoms with van der Waals surface area (Å²) in [5.74, 6) is 0. The van der Waals surface area contributed by atoms with E-state index in [2.05, 4.69) is 11.4 Å². The van der Waals surface area contributed by atoms with Crippen molar-refractivity contribution in [2.75, 3.05) is 13.2 Å². The fraction of sp³-hybridized carbons (Fsp3) is 1.00. The number of rotatable bonds is 20. The Hall–Kier alpha value is 1.75. The molecule has 0 rings (SSSR count). The van der Waals surface area contributed by atoms with E-state index in [1.54, 1.807) is 6.92 Å². The monoisotopic (exact) mass is 416 g/mol. The van der Waals surface area contributed by atoms with E-state index in [1.165, 1.54) is 89.9 Å². The second-order valence-corrected chi connectivity index (χ2v) is 8.41. The molecule has 0 amide bonds. The van der Waals surface area contributed by atoms with Crippen LogP contribution >= 0.6 is 7.82 Å². The van der Waals surface area contributed by atoms with Crippen molar-refractivity contribution in [1.29, 1.82) is 0 Å². The maximum Gasteiger partial charge on any atom is 1.00 e. The van der Waals surface area contributed by atoms with Crippen molar-refractivity contribution in [1.82, 2.24) is 0 Å². The topological polar surface area (TPSA) is 58.6 Å². The van der Waals surface area contributed by atoms with Gasteiger partial charge < -0.3 is 13.9 Å². The number of unbranched alkanes of at least 4 members (excludes halogenated alkanes) is 15. The standard InChI is InChI=1S/C20H43O4P.K/c1-3-5-6-7-8-9-10-11-12-13-14-15-16-17-18-19-20-24-25(21,22)23-4-2;/h3-20H2,1-2H3,(H,21,22);/q;+1/p-1. The van der Waals surface area contributed by atoms with Crippen LogP contribution in [0.5, 0.6) is 0 Å². The molecular weight excluding hydrogens is 374 g/mol. The normalized spacial score (nSPS) is 13.3. The van der Waals surface area contributed by atoms with E-state index >= 15 is 0 Å². The zero-order valence-corrected chi connectivity index (χ0v) is 21.8. The molecule has 26 heavy (non-hydrogen) atoms. The third-order valence-corrected chi connectivity index (χ3v) is 5.61. The van der Waals surface area contributed by atoms with Crippen LogP contribution in [0.2, 0.25) is 0 Å². The van der Waals surface area contributed by atoms with Gasteiger partial charge in [0.25, 0.3) is 7.82 Å². The fourth-order valence-electron chi connectivity index (χ4n) is 3.02. The molecule has 0 bridgehead atoms. The second-order valence-electron chi connectivity index (χ2n) is 7.00. The summed E-state index contributed by atoms with van der Waals surface area (Å²) in [6.45, 7) is 4.30. The van der Waals surface area contributed by atoms with E-state index in [-0.39, 0.29) is 64.6 Å². The molecule has 0 heterocycles. The Morgan fingerprint density at radius 1 is 0.615 bits per heavy atom. The summed E-state index contributed by atoms with van der Waals surface area (Å²) in [5.41, 5.74) is 0. The molecule has 0 aromatic heterocycles. The van der Waals surface area contributed by atoms with Crippen LogP contribution in [0.3, 0.4) is 0 Å². The molecule has 152 valence electrons. The summed E-state index contributed by atoms with van der Waals surface area (Å²) in [4.78, 5) is 11.2. The summed E-state index contributed by atoms with van der Waals surface area (Å²) in [5, 5.41) is 0. The molecule has 0 saturated carbocycles. The second kappa shape index (κ2) is 23.0. The van der Waals surface area contributed by atoms with Gasteiger partial charge in [0.15, 0.2) is 0 Å². The largest absolute Gasteiger partial charge is 1.00 e. The summed E-state index contributed by atoms with van der Waals surface area (Å²) in [7, 11) is -4.03. The average molecular weight is 417 g/mol. The summed E-state index contributed by atoms with van der Waals surface area (Å²) in [6, 6.07) is 0. The van der Waals surface area contributed by atoms with Crippen molar-refractivity contribution in [3.05, 3.63) is 0 Å². The van der Waals surface area contributed by atoms with Crippen LogP contribution in [0.25, 0.3) is 0 Å². The van der Waals surface area contributed by atoms with Crippen LogP contribution in [0.15, 0.2) is 0 Å². The molecule has 0 N–H and O–H groups in total. The quantitative estimate of drug-likeness (QED) is 0.172. The summed E-state index contributed by atoms with van der Waals surface area (Å²) < 4.78 is 20.5. The molecule has 0 aliphatic heterocycles. The van der Waals surface area contributed by atoms with Crippen LogP contribution in [0.4, 0.5) is 0 Å². The van der Waals surface area contributed by atoms with Gasteiger partial charge in [-0.15, -0.1) is 0 Å². The first-order valence-corrected chi connectivity index (χ1v) is 12.2. The maximum absolute atomic E-state index is 11.2. The van der Waals surface area contributed by atoms with Crippen molar-refractivity contribution >= 4 is 7.82 Å². The van der Waals surface area contributed by atoms with Crippen molar-refractivity contribution in [3.63, 3.8) is 0 Å². The maximum atomic E-state index is 11.2. The Kier molecular flexibility index (Phi) is 26.5. The third kappa shape index (κ3) is 23.8. The first-order valence-electron chi connectivity index (χ1n) is 10.7. The van der Waals surface area contributed by atoms with Gasteiger partial charge in [-0.2, -0.15) is 0 Å². The minimum Gasteiger partial charge on any atom is -0.756 e. The molecule has 1 atom stereocenters. The van der Waals surface area contributed by atoms with Gasteiger partial charge >= 0.3 is 51.4 Å². The van der Waals surface area contributed by atoms with Gasteiger partial charge in [-0.25, -0.2) is 0 Å². The average Bonchev–Trinajstić information content (AvgIpc) is 2.57. The van der Waals surface area contributed by atoms with E-state index in [9.17, 15) is 9.46 Å². The molecule has 0 saturated heterocycles. The van der Waals surface area contributed by atoms with Crippen LogP contribution in [0, 0.1) is 0 Å². The molecule has 0 fully saturated rings. The fourth-order valence-corrected chi connectivity index (χ4v) is 3.77. The van der Waals surface area contributed by atoms with Crippen LogP contribution in [-0.2, 0) is 13.6 Å². The zero-order chi connectivity index (χ0) is 18.6. The van der Waals surface area contributed by atoms with Gasteiger partial charge in [0.2, 0.25) is 0 Å². The van der Waals surface area contributed by atoms with Crippen LogP contribution in [0.1, 0.15) is 117 Å². The molecule has 0 aliphatic rings. The zero-order valence-electron chi connectivity index (χ0n) is 17.8. The Balaban J connectivity index is 0. The number of hydrogen-bond donors (Lipinski definition) is 0. The number of hydrogen-bond acceptors (Lipinski definition) is 4. The van der Waals surface area contributed by atoms with Gasteiger partial charge in [-0.1, -0.05) is 103 Å². The summed E-state index contributed by atoms with van der Waals surface area (Å²) >= 11 is 0. The molecular formula is C20H42KO4P. The molecule has 0 spiro atoms. The van der Waals surface area contributed by atoms with E-state index in [4.69, 9.17) is 4.52 Å². The van der Waals surface area contributed by atoms with Gasteiger partial charge in [-0.3, -0.25) is 4.57 Å². The third-order valence-electron chi connectivity index (χ3n) is 4.53. The Morgan fingerprint density at radius 3 is 1.31 bits per heavy atom. The minimum absolute atomic E-state index is 0. The van der Waals surface area contributed by atoms with Gasteiger partial charge in [0.1, 0.15) is 0 Å². The molecule has 6 heteroatoms. The SMILES string of the molecule is CCCCCCCCCCCCCCCCCCOP(=O)([O-])OCC.[K+]. The number of phosphoric ester groups is 1. The van der Waals surface area contributed by atoms with Gasteiger partial charge in [0, 0.05) is 0 Å². The van der Waals surface area contributed by atoms with Crippen LogP contribution in [-0.4, -0.2) is 13.2 Å². The van der Waals surface area contributed by atoms with Crippen molar-refractivity contribution < 1.29 is 69.9 Å². The number of phosphoric acid groups is 1. The Morgan fingerprint density at radius 2 is 0.962 bits per heavy atom. The summed E-state index contributed by atoms with van der Waals surface area (Å²) in [6.07, 6.45) is 20.9. The van der Waals surface area contributed by atoms with E-state index in [1.807, 2.05) is 0 Å². The van der Waals surface area contributed by atoms with Crippen LogP contribution < -0.4 is 56.3 Å². The predicted octanol–water partition coefficient (Wildman–Crippen LogP) is 3.77. The molecule has 0 radical (unpaired) electrons. The van der Waals surface area contributed by atoms with Gasteiger partial charge in [-0.05, 0) is 13.3 Å². The van der Waals surface area contributed by atoms with E-state index < -0.39 is 7.82 Å². The first-order chi connectivity index (χ1) is 12.1. The molecule has 4 nitrogen and oxygen atoms in total. The first kappa shape index (κ1) is 29.9. The van der Waals surface area contributed by atoms with E-state index in [0.717, 1.165) is 12.8 Å². The Labute approximate surface area is 205 Å². The smallest absolute Gasteiger partial charge is 0.756 e. The van der Waals surface area contributed by atoms with E-state index in [0.29, 0.717) is 0 Å². The van der Waals surface area contributed by atoms with Gasteiger partial charge in [0.05, 0.1) is 13.2 Å². The Bertz CT molecular complexity index is 316. The minimum atomic E-state index is -4.03. The van der Waals surface area contributed by atoms with Crippen molar-refractivity contribution in [2.24, 2.45) is 0 Å². The molecule has 1 unspecified atom stereocenters. The predicted molar refractivity (Wildman–Crippen MR) is 105 cm³/mol. The molecule has 0 aromatic carbocycles. The molecule has 0 aliphatic carbocycles. The molecule has 0 aromatic rings. The van der Waals surface area contributed by atoms with Crippen molar-refractivity contribution in [2.45, 2.75) is 117 Å².